The summed E-state index contributed by atoms with van der Waals surface area (Å²) in [5, 5.41) is 16.5. The zero-order chi connectivity index (χ0) is 11.1. The molecule has 0 aromatic carbocycles. The molecule has 1 heterocycles. The van der Waals surface area contributed by atoms with Crippen LogP contribution < -0.4 is 11.2 Å². The SMILES string of the molecule is COCCN(N)C(=O)NCc1nn[nH]n1. The molecule has 1 rings (SSSR count). The Bertz CT molecular complexity index is 288. The number of hydrazine groups is 1. The summed E-state index contributed by atoms with van der Waals surface area (Å²) in [5.41, 5.74) is 0. The van der Waals surface area contributed by atoms with Crippen molar-refractivity contribution >= 4 is 6.03 Å². The lowest BCUT2D eigenvalue weighted by Crippen LogP contribution is -2.45. The molecule has 0 atom stereocenters. The summed E-state index contributed by atoms with van der Waals surface area (Å²) in [4.78, 5) is 11.3. The third-order valence-corrected chi connectivity index (χ3v) is 1.58. The molecule has 0 spiro atoms. The minimum Gasteiger partial charge on any atom is -0.383 e. The predicted octanol–water partition coefficient (Wildman–Crippen LogP) is -1.77. The van der Waals surface area contributed by atoms with Crippen molar-refractivity contribution in [3.63, 3.8) is 0 Å². The highest BCUT2D eigenvalue weighted by molar-refractivity contribution is 5.73. The van der Waals surface area contributed by atoms with Crippen molar-refractivity contribution in [3.8, 4) is 0 Å². The van der Waals surface area contributed by atoms with E-state index in [4.69, 9.17) is 10.6 Å². The van der Waals surface area contributed by atoms with Gasteiger partial charge in [0.05, 0.1) is 19.7 Å². The van der Waals surface area contributed by atoms with E-state index >= 15 is 0 Å². The monoisotopic (exact) mass is 215 g/mol. The van der Waals surface area contributed by atoms with Crippen molar-refractivity contribution in [2.75, 3.05) is 20.3 Å². The van der Waals surface area contributed by atoms with Gasteiger partial charge in [0.1, 0.15) is 0 Å². The molecule has 0 saturated heterocycles. The topological polar surface area (TPSA) is 122 Å². The van der Waals surface area contributed by atoms with Gasteiger partial charge < -0.3 is 10.1 Å². The zero-order valence-electron chi connectivity index (χ0n) is 8.30. The van der Waals surface area contributed by atoms with Crippen molar-refractivity contribution < 1.29 is 9.53 Å². The van der Waals surface area contributed by atoms with E-state index in [0.717, 1.165) is 5.01 Å². The van der Waals surface area contributed by atoms with Gasteiger partial charge in [-0.15, -0.1) is 10.2 Å². The van der Waals surface area contributed by atoms with E-state index in [9.17, 15) is 4.79 Å². The highest BCUT2D eigenvalue weighted by Crippen LogP contribution is 1.85. The van der Waals surface area contributed by atoms with Crippen LogP contribution in [0.1, 0.15) is 5.82 Å². The van der Waals surface area contributed by atoms with Gasteiger partial charge >= 0.3 is 6.03 Å². The number of ether oxygens (including phenoxy) is 1. The molecule has 9 heteroatoms. The van der Waals surface area contributed by atoms with Crippen LogP contribution >= 0.6 is 0 Å². The van der Waals surface area contributed by atoms with E-state index < -0.39 is 6.03 Å². The summed E-state index contributed by atoms with van der Waals surface area (Å²) in [6.45, 7) is 0.872. The van der Waals surface area contributed by atoms with Crippen molar-refractivity contribution in [1.29, 1.82) is 0 Å². The van der Waals surface area contributed by atoms with E-state index in [1.165, 1.54) is 7.11 Å². The van der Waals surface area contributed by atoms with Gasteiger partial charge in [-0.2, -0.15) is 5.21 Å². The Balaban J connectivity index is 2.23. The van der Waals surface area contributed by atoms with E-state index in [2.05, 4.69) is 25.9 Å². The number of nitrogens with zero attached hydrogens (tertiary/aromatic N) is 4. The summed E-state index contributed by atoms with van der Waals surface area (Å²) in [5.74, 6) is 5.81. The molecule has 0 radical (unpaired) electrons. The minimum absolute atomic E-state index is 0.177. The number of nitrogens with one attached hydrogen (secondary N) is 2. The minimum atomic E-state index is -0.420. The third kappa shape index (κ3) is 3.87. The molecule has 0 aliphatic rings. The lowest BCUT2D eigenvalue weighted by Gasteiger charge is -2.15. The van der Waals surface area contributed by atoms with Gasteiger partial charge in [0, 0.05) is 7.11 Å². The number of carbonyl (C=O) groups excluding carboxylic acids is 1. The summed E-state index contributed by atoms with van der Waals surface area (Å²) < 4.78 is 4.77. The van der Waals surface area contributed by atoms with Crippen LogP contribution in [0.15, 0.2) is 0 Å². The van der Waals surface area contributed by atoms with Gasteiger partial charge in [0.2, 0.25) is 0 Å². The van der Waals surface area contributed by atoms with Crippen molar-refractivity contribution in [2.45, 2.75) is 6.54 Å². The quantitative estimate of drug-likeness (QED) is 0.303. The normalized spacial score (nSPS) is 10.0. The van der Waals surface area contributed by atoms with Gasteiger partial charge in [0.25, 0.3) is 0 Å². The van der Waals surface area contributed by atoms with Crippen LogP contribution in [0, 0.1) is 0 Å². The molecular formula is C6H13N7O2. The largest absolute Gasteiger partial charge is 0.383 e. The number of aromatic amines is 1. The van der Waals surface area contributed by atoms with E-state index in [1.54, 1.807) is 0 Å². The van der Waals surface area contributed by atoms with Crippen molar-refractivity contribution in [3.05, 3.63) is 5.82 Å². The number of hydrogen-bond acceptors (Lipinski definition) is 6. The Morgan fingerprint density at radius 2 is 2.53 bits per heavy atom. The first-order valence-electron chi connectivity index (χ1n) is 4.25. The molecule has 15 heavy (non-hydrogen) atoms. The fourth-order valence-corrected chi connectivity index (χ4v) is 0.805. The molecular weight excluding hydrogens is 202 g/mol. The second-order valence-corrected chi connectivity index (χ2v) is 2.67. The average Bonchev–Trinajstić information content (AvgIpc) is 2.75. The number of H-pyrrole nitrogens is 1. The first kappa shape index (κ1) is 11.3. The molecule has 84 valence electrons. The number of carbonyl (C=O) groups is 1. The van der Waals surface area contributed by atoms with Crippen molar-refractivity contribution in [2.24, 2.45) is 5.84 Å². The molecule has 0 unspecified atom stereocenters. The fourth-order valence-electron chi connectivity index (χ4n) is 0.805. The molecule has 0 bridgehead atoms. The predicted molar refractivity (Wildman–Crippen MR) is 49.2 cm³/mol. The molecule has 9 nitrogen and oxygen atoms in total. The molecule has 1 aromatic heterocycles. The van der Waals surface area contributed by atoms with Crippen LogP contribution in [0.25, 0.3) is 0 Å². The highest BCUT2D eigenvalue weighted by Gasteiger charge is 2.08. The lowest BCUT2D eigenvalue weighted by molar-refractivity contribution is 0.149. The van der Waals surface area contributed by atoms with E-state index in [-0.39, 0.29) is 6.54 Å². The molecule has 4 N–H and O–H groups in total. The molecule has 2 amide bonds. The number of rotatable bonds is 5. The molecule has 0 aliphatic carbocycles. The molecule has 0 aliphatic heterocycles. The first-order chi connectivity index (χ1) is 7.24. The Morgan fingerprint density at radius 1 is 1.73 bits per heavy atom. The van der Waals surface area contributed by atoms with Crippen LogP contribution in [-0.4, -0.2) is 51.9 Å². The smallest absolute Gasteiger partial charge is 0.331 e. The Morgan fingerprint density at radius 3 is 3.13 bits per heavy atom. The van der Waals surface area contributed by atoms with E-state index in [1.807, 2.05) is 0 Å². The molecule has 0 saturated carbocycles. The molecule has 1 aromatic rings. The Hall–Kier alpha value is -1.74. The summed E-state index contributed by atoms with van der Waals surface area (Å²) in [6, 6.07) is -0.420. The van der Waals surface area contributed by atoms with Gasteiger partial charge in [-0.05, 0) is 0 Å². The number of urea groups is 1. The van der Waals surface area contributed by atoms with Crippen molar-refractivity contribution in [1.82, 2.24) is 30.9 Å². The third-order valence-electron chi connectivity index (χ3n) is 1.58. The van der Waals surface area contributed by atoms with Gasteiger partial charge in [0.15, 0.2) is 5.82 Å². The summed E-state index contributed by atoms with van der Waals surface area (Å²) >= 11 is 0. The van der Waals surface area contributed by atoms with Crippen LogP contribution in [0.3, 0.4) is 0 Å². The highest BCUT2D eigenvalue weighted by atomic mass is 16.5. The Kier molecular flexibility index (Phi) is 4.44. The number of amides is 2. The second kappa shape index (κ2) is 5.88. The van der Waals surface area contributed by atoms with E-state index in [0.29, 0.717) is 19.0 Å². The zero-order valence-corrected chi connectivity index (χ0v) is 8.30. The number of methoxy groups -OCH3 is 1. The van der Waals surface area contributed by atoms with Crippen LogP contribution in [0.4, 0.5) is 4.79 Å². The standard InChI is InChI=1S/C6H13N7O2/c1-15-3-2-13(7)6(14)8-4-5-9-11-12-10-5/h2-4,7H2,1H3,(H,8,14)(H,9,10,11,12). The van der Waals surface area contributed by atoms with Gasteiger partial charge in [-0.1, -0.05) is 5.21 Å². The van der Waals surface area contributed by atoms with Crippen LogP contribution in [-0.2, 0) is 11.3 Å². The number of nitrogens with two attached hydrogens (primary N) is 1. The summed E-state index contributed by atoms with van der Waals surface area (Å²) in [7, 11) is 1.53. The first-order valence-corrected chi connectivity index (χ1v) is 4.25. The fraction of sp³-hybridized carbons (Fsp3) is 0.667. The lowest BCUT2D eigenvalue weighted by atomic mass is 10.6. The maximum absolute atomic E-state index is 11.3. The van der Waals surface area contributed by atoms with Crippen LogP contribution in [0.5, 0.6) is 0 Å². The molecule has 0 fully saturated rings. The van der Waals surface area contributed by atoms with Crippen LogP contribution in [0.2, 0.25) is 0 Å². The van der Waals surface area contributed by atoms with Gasteiger partial charge in [-0.25, -0.2) is 10.6 Å². The average molecular weight is 215 g/mol. The number of aromatic nitrogens is 4. The van der Waals surface area contributed by atoms with Gasteiger partial charge in [-0.3, -0.25) is 5.01 Å². The number of tetrazole rings is 1. The maximum atomic E-state index is 11.3. The second-order valence-electron chi connectivity index (χ2n) is 2.67. The maximum Gasteiger partial charge on any atom is 0.331 e. The Labute approximate surface area is 85.9 Å². The number of hydrogen-bond donors (Lipinski definition) is 3. The summed E-state index contributed by atoms with van der Waals surface area (Å²) in [6.07, 6.45) is 0.